The number of nitrogens with zero attached hydrogens (tertiary/aromatic N) is 1. The molecule has 24 heavy (non-hydrogen) atoms. The molecule has 2 aliphatic heterocycles. The quantitative estimate of drug-likeness (QED) is 0.755. The first-order chi connectivity index (χ1) is 11.6. The number of ether oxygens (including phenoxy) is 1. The first-order valence-electron chi connectivity index (χ1n) is 8.18. The van der Waals surface area contributed by atoms with Crippen LogP contribution in [0, 0.1) is 5.92 Å². The molecule has 0 radical (unpaired) electrons. The van der Waals surface area contributed by atoms with E-state index in [4.69, 9.17) is 27.9 Å². The van der Waals surface area contributed by atoms with E-state index >= 15 is 0 Å². The van der Waals surface area contributed by atoms with E-state index in [0.717, 1.165) is 12.8 Å². The highest BCUT2D eigenvalue weighted by Crippen LogP contribution is 2.27. The van der Waals surface area contributed by atoms with E-state index in [1.165, 1.54) is 0 Å². The standard InChI is InChI=1S/C18H19Cl2NO3/c19-14-5-4-13(11-15(14)20)17(22)12-6-8-21(9-7-12)18(23)16-3-1-2-10-24-16/h3-5,11-12H,1-2,6-10H2. The van der Waals surface area contributed by atoms with E-state index in [-0.39, 0.29) is 17.6 Å². The van der Waals surface area contributed by atoms with Crippen LogP contribution in [0.4, 0.5) is 0 Å². The minimum absolute atomic E-state index is 0.0601. The molecule has 1 amide bonds. The molecule has 6 heteroatoms. The second-order valence-electron chi connectivity index (χ2n) is 6.12. The van der Waals surface area contributed by atoms with Gasteiger partial charge in [0.05, 0.1) is 16.7 Å². The number of halogens is 2. The van der Waals surface area contributed by atoms with Gasteiger partial charge in [-0.1, -0.05) is 23.2 Å². The van der Waals surface area contributed by atoms with Crippen molar-refractivity contribution < 1.29 is 14.3 Å². The van der Waals surface area contributed by atoms with Crippen LogP contribution in [0.3, 0.4) is 0 Å². The molecule has 2 heterocycles. The number of allylic oxidation sites excluding steroid dienone is 1. The summed E-state index contributed by atoms with van der Waals surface area (Å²) in [5.74, 6) is 0.368. The molecule has 0 unspecified atom stereocenters. The third kappa shape index (κ3) is 3.76. The van der Waals surface area contributed by atoms with Crippen LogP contribution in [0.5, 0.6) is 0 Å². The van der Waals surface area contributed by atoms with Crippen LogP contribution >= 0.6 is 23.2 Å². The highest BCUT2D eigenvalue weighted by Gasteiger charge is 2.30. The Labute approximate surface area is 151 Å². The summed E-state index contributed by atoms with van der Waals surface area (Å²) in [5, 5.41) is 0.825. The van der Waals surface area contributed by atoms with Crippen molar-refractivity contribution in [1.82, 2.24) is 4.90 Å². The lowest BCUT2D eigenvalue weighted by Gasteiger charge is -2.32. The largest absolute Gasteiger partial charge is 0.488 e. The Morgan fingerprint density at radius 1 is 1.12 bits per heavy atom. The summed E-state index contributed by atoms with van der Waals surface area (Å²) in [7, 11) is 0. The van der Waals surface area contributed by atoms with Crippen molar-refractivity contribution in [3.63, 3.8) is 0 Å². The fourth-order valence-corrected chi connectivity index (χ4v) is 3.39. The minimum Gasteiger partial charge on any atom is -0.488 e. The first kappa shape index (κ1) is 17.3. The van der Waals surface area contributed by atoms with Crippen LogP contribution in [0.1, 0.15) is 36.0 Å². The summed E-state index contributed by atoms with van der Waals surface area (Å²) in [6.07, 6.45) is 5.00. The number of hydrogen-bond acceptors (Lipinski definition) is 3. The smallest absolute Gasteiger partial charge is 0.288 e. The molecule has 3 rings (SSSR count). The number of benzene rings is 1. The van der Waals surface area contributed by atoms with Crippen molar-refractivity contribution in [1.29, 1.82) is 0 Å². The fourth-order valence-electron chi connectivity index (χ4n) is 3.09. The monoisotopic (exact) mass is 367 g/mol. The zero-order chi connectivity index (χ0) is 17.1. The Morgan fingerprint density at radius 2 is 1.88 bits per heavy atom. The predicted molar refractivity (Wildman–Crippen MR) is 93.4 cm³/mol. The summed E-state index contributed by atoms with van der Waals surface area (Å²) < 4.78 is 5.44. The maximum Gasteiger partial charge on any atom is 0.288 e. The molecule has 1 aromatic carbocycles. The van der Waals surface area contributed by atoms with Gasteiger partial charge in [-0.25, -0.2) is 0 Å². The molecule has 128 valence electrons. The van der Waals surface area contributed by atoms with Crippen LogP contribution < -0.4 is 0 Å². The Morgan fingerprint density at radius 3 is 2.50 bits per heavy atom. The number of likely N-dealkylation sites (tertiary alicyclic amines) is 1. The zero-order valence-corrected chi connectivity index (χ0v) is 14.8. The van der Waals surface area contributed by atoms with E-state index in [0.29, 0.717) is 53.9 Å². The number of piperidine rings is 1. The third-order valence-electron chi connectivity index (χ3n) is 4.50. The lowest BCUT2D eigenvalue weighted by Crippen LogP contribution is -2.41. The van der Waals surface area contributed by atoms with E-state index in [2.05, 4.69) is 0 Å². The molecule has 0 atom stereocenters. The summed E-state index contributed by atoms with van der Waals surface area (Å²) >= 11 is 11.9. The summed E-state index contributed by atoms with van der Waals surface area (Å²) in [4.78, 5) is 26.8. The molecule has 1 aromatic rings. The van der Waals surface area contributed by atoms with E-state index in [1.807, 2.05) is 6.08 Å². The van der Waals surface area contributed by atoms with Gasteiger partial charge in [-0.05, 0) is 50.0 Å². The van der Waals surface area contributed by atoms with Gasteiger partial charge in [0.1, 0.15) is 0 Å². The van der Waals surface area contributed by atoms with Gasteiger partial charge >= 0.3 is 0 Å². The van der Waals surface area contributed by atoms with Crippen LogP contribution in [-0.4, -0.2) is 36.3 Å². The van der Waals surface area contributed by atoms with E-state index in [1.54, 1.807) is 23.1 Å². The minimum atomic E-state index is -0.0902. The highest BCUT2D eigenvalue weighted by molar-refractivity contribution is 6.42. The number of ketones is 1. The van der Waals surface area contributed by atoms with Crippen molar-refractivity contribution in [3.05, 3.63) is 45.6 Å². The molecule has 1 saturated heterocycles. The summed E-state index contributed by atoms with van der Waals surface area (Å²) in [6, 6.07) is 4.96. The van der Waals surface area contributed by atoms with Crippen LogP contribution in [-0.2, 0) is 9.53 Å². The SMILES string of the molecule is O=C(c1ccc(Cl)c(Cl)c1)C1CCN(C(=O)C2=CCCCO2)CC1. The van der Waals surface area contributed by atoms with Gasteiger partial charge in [-0.2, -0.15) is 0 Å². The number of hydrogen-bond donors (Lipinski definition) is 0. The van der Waals surface area contributed by atoms with Gasteiger partial charge in [0.2, 0.25) is 0 Å². The molecule has 0 aromatic heterocycles. The van der Waals surface area contributed by atoms with Gasteiger partial charge in [-0.15, -0.1) is 0 Å². The van der Waals surface area contributed by atoms with E-state index < -0.39 is 0 Å². The number of rotatable bonds is 3. The number of carbonyl (C=O) groups excluding carboxylic acids is 2. The Bertz CT molecular complexity index is 679. The number of Topliss-reactive ketones (excluding diaryl/α,β-unsaturated/α-hetero) is 1. The van der Waals surface area contributed by atoms with Crippen LogP contribution in [0.25, 0.3) is 0 Å². The molecule has 2 aliphatic rings. The van der Waals surface area contributed by atoms with Crippen molar-refractivity contribution in [2.75, 3.05) is 19.7 Å². The lowest BCUT2D eigenvalue weighted by atomic mass is 9.89. The van der Waals surface area contributed by atoms with Crippen molar-refractivity contribution in [2.45, 2.75) is 25.7 Å². The third-order valence-corrected chi connectivity index (χ3v) is 5.24. The molecule has 0 bridgehead atoms. The van der Waals surface area contributed by atoms with Gasteiger partial charge < -0.3 is 9.64 Å². The second-order valence-corrected chi connectivity index (χ2v) is 6.93. The maximum atomic E-state index is 12.6. The summed E-state index contributed by atoms with van der Waals surface area (Å²) in [6.45, 7) is 1.73. The average molecular weight is 368 g/mol. The van der Waals surface area contributed by atoms with Crippen molar-refractivity contribution in [3.8, 4) is 0 Å². The molecule has 0 saturated carbocycles. The Hall–Kier alpha value is -1.52. The molecular weight excluding hydrogens is 349 g/mol. The van der Waals surface area contributed by atoms with Crippen molar-refractivity contribution >= 4 is 34.9 Å². The predicted octanol–water partition coefficient (Wildman–Crippen LogP) is 4.11. The number of amides is 1. The average Bonchev–Trinajstić information content (AvgIpc) is 2.63. The van der Waals surface area contributed by atoms with Gasteiger partial charge in [0.15, 0.2) is 11.5 Å². The molecule has 0 aliphatic carbocycles. The first-order valence-corrected chi connectivity index (χ1v) is 8.93. The Balaban J connectivity index is 1.60. The molecule has 4 nitrogen and oxygen atoms in total. The lowest BCUT2D eigenvalue weighted by molar-refractivity contribution is -0.132. The Kier molecular flexibility index (Phi) is 5.47. The molecular formula is C18H19Cl2NO3. The molecule has 1 fully saturated rings. The number of carbonyl (C=O) groups is 2. The van der Waals surface area contributed by atoms with Crippen LogP contribution in [0.2, 0.25) is 10.0 Å². The van der Waals surface area contributed by atoms with Crippen molar-refractivity contribution in [2.24, 2.45) is 5.92 Å². The fraction of sp³-hybridized carbons (Fsp3) is 0.444. The van der Waals surface area contributed by atoms with Crippen LogP contribution in [0.15, 0.2) is 30.0 Å². The van der Waals surface area contributed by atoms with E-state index in [9.17, 15) is 9.59 Å². The molecule has 0 N–H and O–H groups in total. The van der Waals surface area contributed by atoms with Gasteiger partial charge in [0, 0.05) is 24.6 Å². The normalized spacial score (nSPS) is 18.8. The van der Waals surface area contributed by atoms with Gasteiger partial charge in [-0.3, -0.25) is 9.59 Å². The highest BCUT2D eigenvalue weighted by atomic mass is 35.5. The molecule has 0 spiro atoms. The topological polar surface area (TPSA) is 46.6 Å². The zero-order valence-electron chi connectivity index (χ0n) is 13.3. The second kappa shape index (κ2) is 7.58. The maximum absolute atomic E-state index is 12.6. The van der Waals surface area contributed by atoms with Gasteiger partial charge in [0.25, 0.3) is 5.91 Å². The summed E-state index contributed by atoms with van der Waals surface area (Å²) in [5.41, 5.74) is 0.576.